The number of imidazole rings is 1. The molecule has 0 spiro atoms. The van der Waals surface area contributed by atoms with Crippen molar-refractivity contribution in [2.24, 2.45) is 5.92 Å². The van der Waals surface area contributed by atoms with E-state index in [0.717, 1.165) is 24.2 Å². The largest absolute Gasteiger partial charge is 0.489 e. The van der Waals surface area contributed by atoms with Crippen molar-refractivity contribution in [1.29, 1.82) is 0 Å². The van der Waals surface area contributed by atoms with Crippen molar-refractivity contribution < 1.29 is 9.53 Å². The van der Waals surface area contributed by atoms with Gasteiger partial charge in [0.1, 0.15) is 17.4 Å². The molecule has 1 aromatic heterocycles. The summed E-state index contributed by atoms with van der Waals surface area (Å²) in [4.78, 5) is 16.7. The number of amides is 1. The number of benzene rings is 1. The fourth-order valence-electron chi connectivity index (χ4n) is 3.23. The zero-order valence-corrected chi connectivity index (χ0v) is 13.8. The lowest BCUT2D eigenvalue weighted by Gasteiger charge is -2.24. The maximum absolute atomic E-state index is 12.6. The predicted molar refractivity (Wildman–Crippen MR) is 86.9 cm³/mol. The third-order valence-corrected chi connectivity index (χ3v) is 5.30. The Balaban J connectivity index is 1.48. The first kappa shape index (κ1) is 14.8. The van der Waals surface area contributed by atoms with E-state index in [1.165, 1.54) is 0 Å². The zero-order valence-electron chi connectivity index (χ0n) is 12.3. The van der Waals surface area contributed by atoms with E-state index in [4.69, 9.17) is 27.9 Å². The second kappa shape index (κ2) is 5.73. The topological polar surface area (TPSA) is 56.1 Å². The highest BCUT2D eigenvalue weighted by molar-refractivity contribution is 6.43. The van der Waals surface area contributed by atoms with Gasteiger partial charge in [-0.3, -0.25) is 4.79 Å². The van der Waals surface area contributed by atoms with Crippen molar-refractivity contribution >= 4 is 29.1 Å². The van der Waals surface area contributed by atoms with Gasteiger partial charge in [-0.25, -0.2) is 4.98 Å². The van der Waals surface area contributed by atoms with Crippen LogP contribution >= 0.6 is 23.2 Å². The van der Waals surface area contributed by atoms with Gasteiger partial charge in [-0.2, -0.15) is 0 Å². The van der Waals surface area contributed by atoms with E-state index in [9.17, 15) is 4.79 Å². The van der Waals surface area contributed by atoms with Crippen LogP contribution in [0.1, 0.15) is 23.7 Å². The Morgan fingerprint density at radius 3 is 3.13 bits per heavy atom. The van der Waals surface area contributed by atoms with Crippen LogP contribution in [0.15, 0.2) is 24.7 Å². The minimum absolute atomic E-state index is 0.0361. The highest BCUT2D eigenvalue weighted by Gasteiger charge is 2.32. The van der Waals surface area contributed by atoms with E-state index in [0.29, 0.717) is 28.8 Å². The van der Waals surface area contributed by atoms with Crippen LogP contribution in [0, 0.1) is 5.92 Å². The van der Waals surface area contributed by atoms with Gasteiger partial charge in [-0.05, 0) is 12.5 Å². The molecule has 1 N–H and O–H groups in total. The molecule has 2 aromatic rings. The molecule has 2 atom stereocenters. The molecule has 3 heterocycles. The van der Waals surface area contributed by atoms with Crippen molar-refractivity contribution in [1.82, 2.24) is 14.9 Å². The van der Waals surface area contributed by atoms with Gasteiger partial charge < -0.3 is 14.6 Å². The first-order chi connectivity index (χ1) is 11.1. The highest BCUT2D eigenvalue weighted by Crippen LogP contribution is 2.42. The summed E-state index contributed by atoms with van der Waals surface area (Å²) in [5.41, 5.74) is 1.99. The Labute approximate surface area is 143 Å². The van der Waals surface area contributed by atoms with E-state index >= 15 is 0 Å². The highest BCUT2D eigenvalue weighted by atomic mass is 35.5. The molecule has 2 aliphatic heterocycles. The minimum Gasteiger partial charge on any atom is -0.489 e. The molecule has 7 heteroatoms. The number of rotatable bonds is 2. The normalized spacial score (nSPS) is 22.2. The van der Waals surface area contributed by atoms with Crippen molar-refractivity contribution in [2.75, 3.05) is 6.61 Å². The predicted octanol–water partition coefficient (Wildman–Crippen LogP) is 3.00. The molecule has 0 fully saturated rings. The average Bonchev–Trinajstić information content (AvgIpc) is 3.17. The molecular formula is C16H15Cl2N3O2. The van der Waals surface area contributed by atoms with Gasteiger partial charge in [-0.15, -0.1) is 0 Å². The molecule has 1 aromatic carbocycles. The van der Waals surface area contributed by atoms with Gasteiger partial charge in [-0.1, -0.05) is 29.3 Å². The van der Waals surface area contributed by atoms with Crippen LogP contribution in [0.2, 0.25) is 10.0 Å². The smallest absolute Gasteiger partial charge is 0.224 e. The average molecular weight is 352 g/mol. The Hall–Kier alpha value is -1.72. The monoisotopic (exact) mass is 351 g/mol. The van der Waals surface area contributed by atoms with Crippen LogP contribution in [0.3, 0.4) is 0 Å². The summed E-state index contributed by atoms with van der Waals surface area (Å²) in [5.74, 6) is 0.585. The van der Waals surface area contributed by atoms with Crippen LogP contribution < -0.4 is 10.1 Å². The molecule has 0 aliphatic carbocycles. The third-order valence-electron chi connectivity index (χ3n) is 4.51. The van der Waals surface area contributed by atoms with Gasteiger partial charge in [0.2, 0.25) is 5.91 Å². The number of aryl methyl sites for hydroxylation is 1. The van der Waals surface area contributed by atoms with Crippen molar-refractivity contribution in [3.63, 3.8) is 0 Å². The molecule has 0 saturated carbocycles. The van der Waals surface area contributed by atoms with Gasteiger partial charge in [0, 0.05) is 36.3 Å². The van der Waals surface area contributed by atoms with E-state index < -0.39 is 0 Å². The lowest BCUT2D eigenvalue weighted by atomic mass is 9.94. The number of aromatic nitrogens is 2. The van der Waals surface area contributed by atoms with E-state index in [2.05, 4.69) is 14.9 Å². The van der Waals surface area contributed by atoms with Crippen LogP contribution in [0.5, 0.6) is 5.75 Å². The lowest BCUT2D eigenvalue weighted by molar-refractivity contribution is -0.126. The SMILES string of the molecule is O=C(NC1COc2c1ccc(Cl)c2Cl)C1CCn2cncc2C1. The summed E-state index contributed by atoms with van der Waals surface area (Å²) in [6, 6.07) is 3.41. The summed E-state index contributed by atoms with van der Waals surface area (Å²) >= 11 is 12.2. The third kappa shape index (κ3) is 2.58. The number of halogens is 2. The van der Waals surface area contributed by atoms with Crippen molar-refractivity contribution in [3.8, 4) is 5.75 Å². The fourth-order valence-corrected chi connectivity index (χ4v) is 3.60. The molecule has 0 bridgehead atoms. The quantitative estimate of drug-likeness (QED) is 0.904. The standard InChI is InChI=1S/C16H15Cl2N3O2/c17-12-2-1-11-13(7-23-15(11)14(12)18)20-16(22)9-3-4-21-8-19-6-10(21)5-9/h1-2,6,8-9,13H,3-5,7H2,(H,20,22). The van der Waals surface area contributed by atoms with Crippen LogP contribution in [-0.4, -0.2) is 22.1 Å². The number of carbonyl (C=O) groups excluding carboxylic acids is 1. The number of fused-ring (bicyclic) bond motifs is 2. The van der Waals surface area contributed by atoms with Gasteiger partial charge in [0.15, 0.2) is 0 Å². The van der Waals surface area contributed by atoms with Gasteiger partial charge >= 0.3 is 0 Å². The van der Waals surface area contributed by atoms with E-state index in [-0.39, 0.29) is 17.9 Å². The number of hydrogen-bond acceptors (Lipinski definition) is 3. The second-order valence-corrected chi connectivity index (χ2v) is 6.71. The zero-order chi connectivity index (χ0) is 16.0. The number of nitrogens with one attached hydrogen (secondary N) is 1. The maximum atomic E-state index is 12.6. The number of ether oxygens (including phenoxy) is 1. The van der Waals surface area contributed by atoms with E-state index in [1.807, 2.05) is 18.6 Å². The molecule has 2 unspecified atom stereocenters. The summed E-state index contributed by atoms with van der Waals surface area (Å²) in [7, 11) is 0. The Morgan fingerprint density at radius 2 is 2.26 bits per heavy atom. The first-order valence-corrected chi connectivity index (χ1v) is 8.29. The molecule has 1 amide bonds. The molecule has 4 rings (SSSR count). The van der Waals surface area contributed by atoms with Crippen LogP contribution in [0.4, 0.5) is 0 Å². The molecule has 120 valence electrons. The number of carbonyl (C=O) groups is 1. The second-order valence-electron chi connectivity index (χ2n) is 5.92. The number of hydrogen-bond donors (Lipinski definition) is 1. The molecule has 0 saturated heterocycles. The summed E-state index contributed by atoms with van der Waals surface area (Å²) in [6.45, 7) is 1.21. The molecular weight excluding hydrogens is 337 g/mol. The number of nitrogens with zero attached hydrogens (tertiary/aromatic N) is 2. The Bertz CT molecular complexity index is 775. The summed E-state index contributed by atoms with van der Waals surface area (Å²) < 4.78 is 7.71. The molecule has 0 radical (unpaired) electrons. The molecule has 23 heavy (non-hydrogen) atoms. The van der Waals surface area contributed by atoms with Gasteiger partial charge in [0.05, 0.1) is 17.4 Å². The van der Waals surface area contributed by atoms with Gasteiger partial charge in [0.25, 0.3) is 0 Å². The first-order valence-electron chi connectivity index (χ1n) is 7.53. The molecule has 2 aliphatic rings. The fraction of sp³-hybridized carbons (Fsp3) is 0.375. The molecule has 5 nitrogen and oxygen atoms in total. The summed E-state index contributed by atoms with van der Waals surface area (Å²) in [6.07, 6.45) is 5.18. The van der Waals surface area contributed by atoms with E-state index in [1.54, 1.807) is 6.07 Å². The van der Waals surface area contributed by atoms with Crippen LogP contribution in [0.25, 0.3) is 0 Å². The van der Waals surface area contributed by atoms with Crippen LogP contribution in [-0.2, 0) is 17.8 Å². The maximum Gasteiger partial charge on any atom is 0.224 e. The Morgan fingerprint density at radius 1 is 1.39 bits per heavy atom. The Kier molecular flexibility index (Phi) is 3.70. The van der Waals surface area contributed by atoms with Crippen molar-refractivity contribution in [3.05, 3.63) is 46.0 Å². The minimum atomic E-state index is -0.181. The van der Waals surface area contributed by atoms with Crippen molar-refractivity contribution in [2.45, 2.75) is 25.4 Å². The summed E-state index contributed by atoms with van der Waals surface area (Å²) in [5, 5.41) is 3.94. The lowest BCUT2D eigenvalue weighted by Crippen LogP contribution is -2.37.